The summed E-state index contributed by atoms with van der Waals surface area (Å²) in [6.07, 6.45) is 6.64. The maximum absolute atomic E-state index is 7.70. The molecule has 1 aromatic rings. The molecule has 0 fully saturated rings. The molecule has 0 bridgehead atoms. The lowest BCUT2D eigenvalue weighted by Gasteiger charge is -2.02. The van der Waals surface area contributed by atoms with Crippen molar-refractivity contribution in [2.75, 3.05) is 0 Å². The Hall–Kier alpha value is -1.70. The van der Waals surface area contributed by atoms with Crippen LogP contribution in [0.25, 0.3) is 0 Å². The van der Waals surface area contributed by atoms with Gasteiger partial charge in [0.1, 0.15) is 0 Å². The largest absolute Gasteiger partial charge is 0.282 e. The van der Waals surface area contributed by atoms with Crippen molar-refractivity contribution in [3.8, 4) is 0 Å². The lowest BCUT2D eigenvalue weighted by molar-refractivity contribution is 0.795. The van der Waals surface area contributed by atoms with Crippen LogP contribution in [0.2, 0.25) is 0 Å². The van der Waals surface area contributed by atoms with Gasteiger partial charge in [0.05, 0.1) is 0 Å². The van der Waals surface area contributed by atoms with Gasteiger partial charge in [-0.3, -0.25) is 5.41 Å². The van der Waals surface area contributed by atoms with E-state index in [2.05, 4.69) is 30.6 Å². The zero-order valence-electron chi connectivity index (χ0n) is 9.74. The van der Waals surface area contributed by atoms with Gasteiger partial charge in [-0.05, 0) is 18.4 Å². The Bertz CT molecular complexity index is 374. The summed E-state index contributed by atoms with van der Waals surface area (Å²) in [5.74, 6) is 0.280. The SMILES string of the molecule is C=CC=NC(=N)c1ccc(CCCC)cc1. The van der Waals surface area contributed by atoms with Gasteiger partial charge in [0, 0.05) is 11.8 Å². The zero-order chi connectivity index (χ0) is 11.8. The first-order chi connectivity index (χ1) is 7.77. The minimum Gasteiger partial charge on any atom is -0.282 e. The summed E-state index contributed by atoms with van der Waals surface area (Å²) in [7, 11) is 0. The molecule has 0 radical (unpaired) electrons. The Morgan fingerprint density at radius 3 is 2.62 bits per heavy atom. The summed E-state index contributed by atoms with van der Waals surface area (Å²) in [5, 5.41) is 7.70. The highest BCUT2D eigenvalue weighted by Crippen LogP contribution is 2.08. The van der Waals surface area contributed by atoms with Crippen molar-refractivity contribution >= 4 is 12.1 Å². The molecular formula is C14H18N2. The summed E-state index contributed by atoms with van der Waals surface area (Å²) in [6.45, 7) is 5.72. The van der Waals surface area contributed by atoms with E-state index in [1.165, 1.54) is 24.6 Å². The third-order valence-corrected chi connectivity index (χ3v) is 2.36. The summed E-state index contributed by atoms with van der Waals surface area (Å²) < 4.78 is 0. The van der Waals surface area contributed by atoms with E-state index in [4.69, 9.17) is 5.41 Å². The van der Waals surface area contributed by atoms with Crippen molar-refractivity contribution in [3.05, 3.63) is 48.0 Å². The number of allylic oxidation sites excluding steroid dienone is 1. The Morgan fingerprint density at radius 1 is 1.38 bits per heavy atom. The fourth-order valence-electron chi connectivity index (χ4n) is 1.41. The quantitative estimate of drug-likeness (QED) is 0.574. The topological polar surface area (TPSA) is 36.2 Å². The summed E-state index contributed by atoms with van der Waals surface area (Å²) in [5.41, 5.74) is 2.17. The maximum Gasteiger partial charge on any atom is 0.151 e. The number of aliphatic imine (C=N–C) groups is 1. The molecule has 1 rings (SSSR count). The van der Waals surface area contributed by atoms with Crippen molar-refractivity contribution in [1.82, 2.24) is 0 Å². The van der Waals surface area contributed by atoms with Gasteiger partial charge in [-0.25, -0.2) is 4.99 Å². The Kier molecular flexibility index (Phi) is 5.20. The zero-order valence-corrected chi connectivity index (χ0v) is 9.74. The van der Waals surface area contributed by atoms with Crippen LogP contribution in [0, 0.1) is 5.41 Å². The monoisotopic (exact) mass is 214 g/mol. The highest BCUT2D eigenvalue weighted by atomic mass is 14.8. The predicted molar refractivity (Wildman–Crippen MR) is 70.6 cm³/mol. The van der Waals surface area contributed by atoms with Crippen LogP contribution in [0.4, 0.5) is 0 Å². The lowest BCUT2D eigenvalue weighted by Crippen LogP contribution is -1.95. The second kappa shape index (κ2) is 6.72. The van der Waals surface area contributed by atoms with Crippen LogP contribution in [-0.2, 0) is 6.42 Å². The Morgan fingerprint density at radius 2 is 2.06 bits per heavy atom. The van der Waals surface area contributed by atoms with Crippen molar-refractivity contribution in [2.45, 2.75) is 26.2 Å². The van der Waals surface area contributed by atoms with E-state index in [-0.39, 0.29) is 5.84 Å². The highest BCUT2D eigenvalue weighted by molar-refractivity contribution is 6.02. The van der Waals surface area contributed by atoms with Crippen molar-refractivity contribution in [3.63, 3.8) is 0 Å². The normalized spacial score (nSPS) is 10.6. The summed E-state index contributed by atoms with van der Waals surface area (Å²) in [6, 6.07) is 8.05. The van der Waals surface area contributed by atoms with E-state index in [0.29, 0.717) is 0 Å². The number of aryl methyl sites for hydroxylation is 1. The molecule has 0 aliphatic rings. The second-order valence-corrected chi connectivity index (χ2v) is 3.66. The third kappa shape index (κ3) is 3.81. The van der Waals surface area contributed by atoms with Gasteiger partial charge in [-0.2, -0.15) is 0 Å². The van der Waals surface area contributed by atoms with E-state index in [1.807, 2.05) is 12.1 Å². The van der Waals surface area contributed by atoms with Gasteiger partial charge in [0.25, 0.3) is 0 Å². The molecule has 2 heteroatoms. The van der Waals surface area contributed by atoms with E-state index < -0.39 is 0 Å². The van der Waals surface area contributed by atoms with Gasteiger partial charge in [0.15, 0.2) is 5.84 Å². The average Bonchev–Trinajstić information content (AvgIpc) is 2.34. The van der Waals surface area contributed by atoms with Crippen molar-refractivity contribution < 1.29 is 0 Å². The Balaban J connectivity index is 2.66. The fourth-order valence-corrected chi connectivity index (χ4v) is 1.41. The molecule has 2 nitrogen and oxygen atoms in total. The molecular weight excluding hydrogens is 196 g/mol. The second-order valence-electron chi connectivity index (χ2n) is 3.66. The number of benzene rings is 1. The Labute approximate surface area is 97.2 Å². The standard InChI is InChI=1S/C14H18N2/c1-3-5-6-12-7-9-13(10-8-12)14(15)16-11-4-2/h4,7-11,15H,2-3,5-6H2,1H3. The van der Waals surface area contributed by atoms with Gasteiger partial charge >= 0.3 is 0 Å². The van der Waals surface area contributed by atoms with Crippen LogP contribution in [-0.4, -0.2) is 12.1 Å². The van der Waals surface area contributed by atoms with E-state index >= 15 is 0 Å². The van der Waals surface area contributed by atoms with Gasteiger partial charge in [-0.15, -0.1) is 0 Å². The first kappa shape index (κ1) is 12.4. The molecule has 0 heterocycles. The minimum absolute atomic E-state index is 0.280. The number of hydrogen-bond acceptors (Lipinski definition) is 1. The lowest BCUT2D eigenvalue weighted by atomic mass is 10.1. The van der Waals surface area contributed by atoms with E-state index in [1.54, 1.807) is 6.08 Å². The molecule has 0 unspecified atom stereocenters. The number of hydrogen-bond donors (Lipinski definition) is 1. The molecule has 0 spiro atoms. The van der Waals surface area contributed by atoms with Crippen LogP contribution in [0.5, 0.6) is 0 Å². The molecule has 1 N–H and O–H groups in total. The maximum atomic E-state index is 7.70. The smallest absolute Gasteiger partial charge is 0.151 e. The number of amidine groups is 1. The minimum atomic E-state index is 0.280. The molecule has 0 saturated heterocycles. The predicted octanol–water partition coefficient (Wildman–Crippen LogP) is 3.61. The molecule has 1 aromatic carbocycles. The number of nitrogens with zero attached hydrogens (tertiary/aromatic N) is 1. The molecule has 0 atom stereocenters. The first-order valence-corrected chi connectivity index (χ1v) is 5.61. The number of nitrogens with one attached hydrogen (secondary N) is 1. The van der Waals surface area contributed by atoms with Crippen LogP contribution in [0.15, 0.2) is 41.9 Å². The van der Waals surface area contributed by atoms with E-state index in [9.17, 15) is 0 Å². The average molecular weight is 214 g/mol. The number of unbranched alkanes of at least 4 members (excludes halogenated alkanes) is 1. The molecule has 0 aromatic heterocycles. The molecule has 16 heavy (non-hydrogen) atoms. The van der Waals surface area contributed by atoms with Crippen molar-refractivity contribution in [1.29, 1.82) is 5.41 Å². The van der Waals surface area contributed by atoms with Crippen LogP contribution in [0.3, 0.4) is 0 Å². The fraction of sp³-hybridized carbons (Fsp3) is 0.286. The van der Waals surface area contributed by atoms with Crippen LogP contribution < -0.4 is 0 Å². The first-order valence-electron chi connectivity index (χ1n) is 5.61. The van der Waals surface area contributed by atoms with Crippen LogP contribution >= 0.6 is 0 Å². The van der Waals surface area contributed by atoms with Gasteiger partial charge in [0.2, 0.25) is 0 Å². The highest BCUT2D eigenvalue weighted by Gasteiger charge is 1.98. The van der Waals surface area contributed by atoms with Gasteiger partial charge < -0.3 is 0 Å². The third-order valence-electron chi connectivity index (χ3n) is 2.36. The molecule has 0 aliphatic heterocycles. The van der Waals surface area contributed by atoms with Crippen LogP contribution in [0.1, 0.15) is 30.9 Å². The molecule has 0 amide bonds. The van der Waals surface area contributed by atoms with E-state index in [0.717, 1.165) is 12.0 Å². The molecule has 0 aliphatic carbocycles. The molecule has 84 valence electrons. The number of rotatable bonds is 5. The summed E-state index contributed by atoms with van der Waals surface area (Å²) >= 11 is 0. The summed E-state index contributed by atoms with van der Waals surface area (Å²) in [4.78, 5) is 3.94. The van der Waals surface area contributed by atoms with Gasteiger partial charge in [-0.1, -0.05) is 50.3 Å². The molecule has 0 saturated carbocycles. The van der Waals surface area contributed by atoms with Crippen molar-refractivity contribution in [2.24, 2.45) is 4.99 Å².